The number of methoxy groups -OCH3 is 1. The highest BCUT2D eigenvalue weighted by atomic mass is 16.5. The normalized spacial score (nSPS) is 19.2. The van der Waals surface area contributed by atoms with Gasteiger partial charge < -0.3 is 10.1 Å². The number of carbonyl (C=O) groups excluding carboxylic acids is 2. The summed E-state index contributed by atoms with van der Waals surface area (Å²) in [6.45, 7) is 2.01. The number of hydrogen-bond donors (Lipinski definition) is 2. The van der Waals surface area contributed by atoms with Crippen molar-refractivity contribution in [1.29, 1.82) is 0 Å². The molecule has 1 fully saturated rings. The van der Waals surface area contributed by atoms with Crippen LogP contribution in [0.5, 0.6) is 5.75 Å². The molecular weight excluding hydrogens is 390 g/mol. The smallest absolute Gasteiger partial charge is 0.304 e. The molecule has 1 aliphatic rings. The first-order valence-corrected chi connectivity index (χ1v) is 10.1. The molecular formula is C25H24N3O3+. The Morgan fingerprint density at radius 2 is 1.77 bits per heavy atom. The van der Waals surface area contributed by atoms with Gasteiger partial charge in [-0.15, -0.1) is 10.1 Å². The Morgan fingerprint density at radius 3 is 2.48 bits per heavy atom. The molecule has 1 saturated heterocycles. The highest BCUT2D eigenvalue weighted by Crippen LogP contribution is 2.26. The molecule has 2 atom stereocenters. The van der Waals surface area contributed by atoms with Crippen LogP contribution in [-0.2, 0) is 4.79 Å². The third kappa shape index (κ3) is 4.48. The van der Waals surface area contributed by atoms with E-state index in [4.69, 9.17) is 4.74 Å². The Hall–Kier alpha value is -3.93. The summed E-state index contributed by atoms with van der Waals surface area (Å²) < 4.78 is 7.05. The maximum Gasteiger partial charge on any atom is 0.304 e. The molecule has 2 amide bonds. The first kappa shape index (κ1) is 20.3. The molecule has 0 spiro atoms. The van der Waals surface area contributed by atoms with Gasteiger partial charge in [-0.1, -0.05) is 54.1 Å². The lowest BCUT2D eigenvalue weighted by molar-refractivity contribution is -0.596. The van der Waals surface area contributed by atoms with E-state index in [1.165, 1.54) is 0 Å². The van der Waals surface area contributed by atoms with Crippen LogP contribution in [0.25, 0.3) is 0 Å². The molecule has 3 aromatic carbocycles. The van der Waals surface area contributed by atoms with Crippen LogP contribution in [0.15, 0.2) is 78.9 Å². The van der Waals surface area contributed by atoms with Crippen molar-refractivity contribution in [3.8, 4) is 5.75 Å². The number of hydrogen-bond acceptors (Lipinski definition) is 3. The number of ether oxygens (including phenoxy) is 1. The van der Waals surface area contributed by atoms with E-state index in [1.807, 2.05) is 67.7 Å². The van der Waals surface area contributed by atoms with Crippen LogP contribution in [0.2, 0.25) is 0 Å². The van der Waals surface area contributed by atoms with E-state index in [0.29, 0.717) is 5.56 Å². The van der Waals surface area contributed by atoms with Crippen LogP contribution in [0.1, 0.15) is 33.1 Å². The lowest BCUT2D eigenvalue weighted by Gasteiger charge is -2.15. The molecule has 0 aliphatic carbocycles. The third-order valence-corrected chi connectivity index (χ3v) is 5.26. The zero-order chi connectivity index (χ0) is 21.8. The number of nitrogens with zero attached hydrogens (tertiary/aromatic N) is 1. The fourth-order valence-electron chi connectivity index (χ4n) is 3.64. The molecule has 31 heavy (non-hydrogen) atoms. The van der Waals surface area contributed by atoms with Crippen molar-refractivity contribution in [1.82, 2.24) is 10.7 Å². The van der Waals surface area contributed by atoms with E-state index >= 15 is 0 Å². The molecule has 0 saturated carbocycles. The number of hydrazine groups is 1. The van der Waals surface area contributed by atoms with Crippen LogP contribution >= 0.6 is 0 Å². The maximum absolute atomic E-state index is 12.9. The number of rotatable bonds is 5. The van der Waals surface area contributed by atoms with Gasteiger partial charge in [0.05, 0.1) is 7.11 Å². The molecule has 0 radical (unpaired) electrons. The zero-order valence-electron chi connectivity index (χ0n) is 17.4. The average Bonchev–Trinajstić information content (AvgIpc) is 3.09. The molecule has 0 bridgehead atoms. The number of carbonyl (C=O) groups is 2. The predicted molar refractivity (Wildman–Crippen MR) is 118 cm³/mol. The monoisotopic (exact) mass is 414 g/mol. The Labute approximate surface area is 181 Å². The molecule has 1 heterocycles. The molecule has 6 nitrogen and oxygen atoms in total. The van der Waals surface area contributed by atoms with Crippen molar-refractivity contribution in [3.63, 3.8) is 0 Å². The van der Waals surface area contributed by atoms with Gasteiger partial charge in [-0.3, -0.25) is 9.59 Å². The highest BCUT2D eigenvalue weighted by Gasteiger charge is 2.47. The lowest BCUT2D eigenvalue weighted by atomic mass is 9.98. The van der Waals surface area contributed by atoms with Gasteiger partial charge in [0.1, 0.15) is 5.75 Å². The standard InChI is InChI=1S/C25H23N3O3/c1-17-11-13-19(14-12-17)23-22(26-24(29)20-8-4-3-5-9-20)25(30)27-28(23)16-18-7-6-10-21(15-18)31-2/h3-16,22-23H,1-2H3,(H-,26,27,29,30)/p+1/b28-16-/t22-,23-/m1/s1. The van der Waals surface area contributed by atoms with Crippen molar-refractivity contribution in [2.24, 2.45) is 0 Å². The van der Waals surface area contributed by atoms with Gasteiger partial charge in [0.2, 0.25) is 12.3 Å². The van der Waals surface area contributed by atoms with E-state index in [0.717, 1.165) is 22.4 Å². The van der Waals surface area contributed by atoms with Gasteiger partial charge in [0.15, 0.2) is 6.04 Å². The molecule has 156 valence electrons. The van der Waals surface area contributed by atoms with Crippen LogP contribution in [0.4, 0.5) is 0 Å². The number of nitrogens with one attached hydrogen (secondary N) is 2. The fraction of sp³-hybridized carbons (Fsp3) is 0.160. The largest absolute Gasteiger partial charge is 0.497 e. The van der Waals surface area contributed by atoms with Crippen LogP contribution < -0.4 is 15.5 Å². The second-order valence-electron chi connectivity index (χ2n) is 7.46. The van der Waals surface area contributed by atoms with Crippen LogP contribution in [-0.4, -0.2) is 35.9 Å². The summed E-state index contributed by atoms with van der Waals surface area (Å²) >= 11 is 0. The van der Waals surface area contributed by atoms with E-state index in [-0.39, 0.29) is 11.8 Å². The second-order valence-corrected chi connectivity index (χ2v) is 7.46. The molecule has 2 N–H and O–H groups in total. The third-order valence-electron chi connectivity index (χ3n) is 5.26. The Balaban J connectivity index is 1.71. The Bertz CT molecular complexity index is 1120. The molecule has 4 rings (SSSR count). The second kappa shape index (κ2) is 8.83. The number of amides is 2. The molecule has 1 aliphatic heterocycles. The van der Waals surface area contributed by atoms with Crippen molar-refractivity contribution in [2.75, 3.05) is 7.11 Å². The molecule has 0 aromatic heterocycles. The first-order chi connectivity index (χ1) is 15.0. The number of hydrazone groups is 1. The molecule has 3 aromatic rings. The zero-order valence-corrected chi connectivity index (χ0v) is 17.4. The Kier molecular flexibility index (Phi) is 5.80. The minimum atomic E-state index is -0.753. The van der Waals surface area contributed by atoms with Crippen molar-refractivity contribution >= 4 is 18.0 Å². The van der Waals surface area contributed by atoms with E-state index in [9.17, 15) is 9.59 Å². The van der Waals surface area contributed by atoms with Gasteiger partial charge in [0.25, 0.3) is 5.91 Å². The summed E-state index contributed by atoms with van der Waals surface area (Å²) in [5.41, 5.74) is 6.31. The summed E-state index contributed by atoms with van der Waals surface area (Å²) in [7, 11) is 1.61. The summed E-state index contributed by atoms with van der Waals surface area (Å²) in [6, 6.07) is 23.2. The van der Waals surface area contributed by atoms with Gasteiger partial charge in [-0.2, -0.15) is 0 Å². The highest BCUT2D eigenvalue weighted by molar-refractivity contribution is 5.98. The summed E-state index contributed by atoms with van der Waals surface area (Å²) in [5, 5.41) is 2.91. The summed E-state index contributed by atoms with van der Waals surface area (Å²) in [6.07, 6.45) is 1.85. The lowest BCUT2D eigenvalue weighted by Crippen LogP contribution is -2.42. The average molecular weight is 414 g/mol. The van der Waals surface area contributed by atoms with E-state index in [1.54, 1.807) is 36.1 Å². The van der Waals surface area contributed by atoms with Gasteiger partial charge in [-0.05, 0) is 37.3 Å². The first-order valence-electron chi connectivity index (χ1n) is 10.1. The van der Waals surface area contributed by atoms with Crippen molar-refractivity contribution < 1.29 is 19.0 Å². The quantitative estimate of drug-likeness (QED) is 0.631. The van der Waals surface area contributed by atoms with Gasteiger partial charge >= 0.3 is 5.91 Å². The topological polar surface area (TPSA) is 70.4 Å². The maximum atomic E-state index is 12.9. The number of aryl methyl sites for hydroxylation is 1. The fourth-order valence-corrected chi connectivity index (χ4v) is 3.64. The van der Waals surface area contributed by atoms with E-state index < -0.39 is 12.1 Å². The Morgan fingerprint density at radius 1 is 1.03 bits per heavy atom. The van der Waals surface area contributed by atoms with Crippen LogP contribution in [0, 0.1) is 6.92 Å². The van der Waals surface area contributed by atoms with Crippen molar-refractivity contribution in [3.05, 3.63) is 101 Å². The molecule has 6 heteroatoms. The number of benzene rings is 3. The van der Waals surface area contributed by atoms with E-state index in [2.05, 4.69) is 10.7 Å². The van der Waals surface area contributed by atoms with Crippen molar-refractivity contribution in [2.45, 2.75) is 19.0 Å². The van der Waals surface area contributed by atoms with Gasteiger partial charge in [0, 0.05) is 16.7 Å². The van der Waals surface area contributed by atoms with Crippen LogP contribution in [0.3, 0.4) is 0 Å². The minimum Gasteiger partial charge on any atom is -0.497 e. The SMILES string of the molecule is COc1cccc(/C=[N+]2\NC(=O)[C@H](NC(=O)c3ccccc3)[C@H]2c2ccc(C)cc2)c1. The van der Waals surface area contributed by atoms with Gasteiger partial charge in [-0.25, -0.2) is 0 Å². The molecule has 0 unspecified atom stereocenters. The summed E-state index contributed by atoms with van der Waals surface area (Å²) in [4.78, 5) is 25.7. The summed E-state index contributed by atoms with van der Waals surface area (Å²) in [5.74, 6) is 0.162. The predicted octanol–water partition coefficient (Wildman–Crippen LogP) is 3.02. The minimum absolute atomic E-state index is 0.269.